The summed E-state index contributed by atoms with van der Waals surface area (Å²) in [4.78, 5) is 0. The summed E-state index contributed by atoms with van der Waals surface area (Å²) in [5.74, 6) is 1.60. The molecule has 0 saturated heterocycles. The van der Waals surface area contributed by atoms with Gasteiger partial charge in [0.05, 0.1) is 6.61 Å². The summed E-state index contributed by atoms with van der Waals surface area (Å²) in [6, 6.07) is 4.31. The van der Waals surface area contributed by atoms with Crippen molar-refractivity contribution in [2.75, 3.05) is 18.5 Å². The molecule has 2 heterocycles. The van der Waals surface area contributed by atoms with Crippen LogP contribution in [0.15, 0.2) is 18.2 Å². The highest BCUT2D eigenvalue weighted by atomic mass is 16.5. The minimum atomic E-state index is 0.550. The van der Waals surface area contributed by atoms with Crippen molar-refractivity contribution in [2.24, 2.45) is 0 Å². The van der Waals surface area contributed by atoms with Gasteiger partial charge in [-0.25, -0.2) is 0 Å². The smallest absolute Gasteiger partial charge is 0.128 e. The van der Waals surface area contributed by atoms with E-state index in [0.29, 0.717) is 5.92 Å². The van der Waals surface area contributed by atoms with E-state index in [9.17, 15) is 0 Å². The van der Waals surface area contributed by atoms with Gasteiger partial charge in [-0.15, -0.1) is 0 Å². The van der Waals surface area contributed by atoms with Crippen molar-refractivity contribution in [3.63, 3.8) is 0 Å². The summed E-state index contributed by atoms with van der Waals surface area (Å²) >= 11 is 0. The predicted octanol–water partition coefficient (Wildman–Crippen LogP) is 3.40. The van der Waals surface area contributed by atoms with Crippen molar-refractivity contribution in [3.8, 4) is 5.75 Å². The average Bonchev–Trinajstić information content (AvgIpc) is 2.30. The molecular formula is C14H17NO. The van der Waals surface area contributed by atoms with Crippen LogP contribution >= 0.6 is 0 Å². The molecule has 84 valence electrons. The van der Waals surface area contributed by atoms with Crippen molar-refractivity contribution >= 4 is 11.3 Å². The molecular weight excluding hydrogens is 198 g/mol. The van der Waals surface area contributed by atoms with Gasteiger partial charge in [0.15, 0.2) is 0 Å². The van der Waals surface area contributed by atoms with Crippen LogP contribution in [0.4, 0.5) is 5.69 Å². The molecule has 0 aromatic heterocycles. The van der Waals surface area contributed by atoms with Gasteiger partial charge < -0.3 is 10.1 Å². The summed E-state index contributed by atoms with van der Waals surface area (Å²) in [7, 11) is 0. The predicted molar refractivity (Wildman–Crippen MR) is 67.1 cm³/mol. The lowest BCUT2D eigenvalue weighted by Crippen LogP contribution is -2.17. The number of ether oxygens (including phenoxy) is 1. The monoisotopic (exact) mass is 215 g/mol. The van der Waals surface area contributed by atoms with Gasteiger partial charge in [0.1, 0.15) is 5.75 Å². The Morgan fingerprint density at radius 1 is 1.31 bits per heavy atom. The maximum absolute atomic E-state index is 5.72. The zero-order valence-corrected chi connectivity index (χ0v) is 9.84. The van der Waals surface area contributed by atoms with E-state index >= 15 is 0 Å². The third-order valence-electron chi connectivity index (χ3n) is 3.40. The highest BCUT2D eigenvalue weighted by Gasteiger charge is 2.24. The summed E-state index contributed by atoms with van der Waals surface area (Å²) in [6.07, 6.45) is 3.34. The fourth-order valence-electron chi connectivity index (χ4n) is 2.59. The molecule has 16 heavy (non-hydrogen) atoms. The Hall–Kier alpha value is -1.44. The average molecular weight is 215 g/mol. The Labute approximate surface area is 96.3 Å². The minimum Gasteiger partial charge on any atom is -0.493 e. The van der Waals surface area contributed by atoms with E-state index in [0.717, 1.165) is 25.3 Å². The largest absolute Gasteiger partial charge is 0.493 e. The first-order valence-electron chi connectivity index (χ1n) is 6.00. The molecule has 1 N–H and O–H groups in total. The summed E-state index contributed by atoms with van der Waals surface area (Å²) in [5.41, 5.74) is 5.46. The fourth-order valence-corrected chi connectivity index (χ4v) is 2.59. The second-order valence-corrected chi connectivity index (χ2v) is 4.77. The van der Waals surface area contributed by atoms with Crippen molar-refractivity contribution in [3.05, 3.63) is 29.3 Å². The lowest BCUT2D eigenvalue weighted by atomic mass is 9.89. The topological polar surface area (TPSA) is 21.3 Å². The summed E-state index contributed by atoms with van der Waals surface area (Å²) in [5, 5.41) is 3.50. The molecule has 1 aromatic rings. The van der Waals surface area contributed by atoms with E-state index in [-0.39, 0.29) is 0 Å². The maximum Gasteiger partial charge on any atom is 0.128 e. The minimum absolute atomic E-state index is 0.550. The number of anilines is 1. The number of hydrogen-bond donors (Lipinski definition) is 1. The highest BCUT2D eigenvalue weighted by molar-refractivity contribution is 5.86. The van der Waals surface area contributed by atoms with E-state index in [1.54, 1.807) is 0 Å². The molecule has 0 radical (unpaired) electrons. The van der Waals surface area contributed by atoms with Gasteiger partial charge in [-0.05, 0) is 23.1 Å². The molecule has 0 aliphatic carbocycles. The zero-order chi connectivity index (χ0) is 11.1. The van der Waals surface area contributed by atoms with Gasteiger partial charge in [0.25, 0.3) is 0 Å². The van der Waals surface area contributed by atoms with E-state index < -0.39 is 0 Å². The van der Waals surface area contributed by atoms with Crippen LogP contribution < -0.4 is 10.1 Å². The zero-order valence-electron chi connectivity index (χ0n) is 9.84. The van der Waals surface area contributed by atoms with Crippen LogP contribution in [0, 0.1) is 0 Å². The lowest BCUT2D eigenvalue weighted by Gasteiger charge is -2.29. The van der Waals surface area contributed by atoms with E-state index in [2.05, 4.69) is 37.4 Å². The van der Waals surface area contributed by atoms with Gasteiger partial charge in [-0.1, -0.05) is 26.0 Å². The van der Waals surface area contributed by atoms with Gasteiger partial charge in [0, 0.05) is 24.2 Å². The van der Waals surface area contributed by atoms with Gasteiger partial charge >= 0.3 is 0 Å². The number of benzene rings is 1. The molecule has 0 atom stereocenters. The lowest BCUT2D eigenvalue weighted by molar-refractivity contribution is 0.316. The van der Waals surface area contributed by atoms with Crippen LogP contribution in [0.25, 0.3) is 5.57 Å². The van der Waals surface area contributed by atoms with Crippen molar-refractivity contribution < 1.29 is 4.74 Å². The van der Waals surface area contributed by atoms with E-state index in [1.807, 2.05) is 0 Å². The molecule has 0 bridgehead atoms. The molecule has 2 aliphatic heterocycles. The van der Waals surface area contributed by atoms with Crippen LogP contribution in [0.2, 0.25) is 0 Å². The van der Waals surface area contributed by atoms with Crippen LogP contribution in [0.5, 0.6) is 5.75 Å². The molecule has 0 amide bonds. The van der Waals surface area contributed by atoms with Crippen molar-refractivity contribution in [2.45, 2.75) is 26.2 Å². The van der Waals surface area contributed by atoms with Crippen LogP contribution in [-0.4, -0.2) is 13.2 Å². The standard InChI is InChI=1S/C14H17NO/c1-9(2)11-3-4-12-13-10(6-8-16-12)5-7-15-14(11)13/h3-5,9,15H,6-8H2,1-2H3. The van der Waals surface area contributed by atoms with E-state index in [1.165, 1.54) is 22.4 Å². The van der Waals surface area contributed by atoms with Crippen LogP contribution in [0.1, 0.15) is 37.3 Å². The Balaban J connectivity index is 2.24. The van der Waals surface area contributed by atoms with Crippen LogP contribution in [0.3, 0.4) is 0 Å². The Kier molecular flexibility index (Phi) is 2.16. The van der Waals surface area contributed by atoms with Crippen molar-refractivity contribution in [1.29, 1.82) is 0 Å². The molecule has 2 nitrogen and oxygen atoms in total. The van der Waals surface area contributed by atoms with E-state index in [4.69, 9.17) is 4.74 Å². The van der Waals surface area contributed by atoms with Gasteiger partial charge in [0.2, 0.25) is 0 Å². The third kappa shape index (κ3) is 1.33. The molecule has 3 rings (SSSR count). The Bertz CT molecular complexity index is 460. The molecule has 1 aromatic carbocycles. The molecule has 0 saturated carbocycles. The second-order valence-electron chi connectivity index (χ2n) is 4.77. The third-order valence-corrected chi connectivity index (χ3v) is 3.40. The number of rotatable bonds is 1. The van der Waals surface area contributed by atoms with Crippen LogP contribution in [-0.2, 0) is 0 Å². The molecule has 0 unspecified atom stereocenters. The normalized spacial score (nSPS) is 17.3. The fraction of sp³-hybridized carbons (Fsp3) is 0.429. The SMILES string of the molecule is CC(C)c1ccc2c3c1NCC=C3CCO2. The maximum atomic E-state index is 5.72. The summed E-state index contributed by atoms with van der Waals surface area (Å²) < 4.78 is 5.72. The Morgan fingerprint density at radius 3 is 3.00 bits per heavy atom. The van der Waals surface area contributed by atoms with Crippen molar-refractivity contribution in [1.82, 2.24) is 0 Å². The first-order valence-corrected chi connectivity index (χ1v) is 6.00. The van der Waals surface area contributed by atoms with Gasteiger partial charge in [-0.3, -0.25) is 0 Å². The second kappa shape index (κ2) is 3.55. The number of hydrogen-bond acceptors (Lipinski definition) is 2. The number of nitrogens with one attached hydrogen (secondary N) is 1. The molecule has 2 heteroatoms. The molecule has 0 spiro atoms. The highest BCUT2D eigenvalue weighted by Crippen LogP contribution is 2.43. The van der Waals surface area contributed by atoms with Gasteiger partial charge in [-0.2, -0.15) is 0 Å². The first kappa shape index (κ1) is 9.76. The molecule has 2 aliphatic rings. The summed E-state index contributed by atoms with van der Waals surface area (Å²) in [6.45, 7) is 6.24. The quantitative estimate of drug-likeness (QED) is 0.775. The Morgan fingerprint density at radius 2 is 2.19 bits per heavy atom. The molecule has 0 fully saturated rings. The first-order chi connectivity index (χ1) is 7.77.